The summed E-state index contributed by atoms with van der Waals surface area (Å²) >= 11 is 0. The molecule has 0 unspecified atom stereocenters. The zero-order chi connectivity index (χ0) is 31.9. The van der Waals surface area contributed by atoms with Gasteiger partial charge >= 0.3 is 0 Å². The Bertz CT molecular complexity index is 2490. The number of furan rings is 1. The van der Waals surface area contributed by atoms with Crippen molar-refractivity contribution < 1.29 is 4.42 Å². The molecule has 2 bridgehead atoms. The Labute approximate surface area is 279 Å². The van der Waals surface area contributed by atoms with E-state index in [1.807, 2.05) is 30.6 Å². The fourth-order valence-electron chi connectivity index (χ4n) is 6.85. The summed E-state index contributed by atoms with van der Waals surface area (Å²) in [7, 11) is 0. The van der Waals surface area contributed by atoms with Crippen LogP contribution in [0.5, 0.6) is 0 Å². The molecule has 8 aromatic rings. The summed E-state index contributed by atoms with van der Waals surface area (Å²) in [5.74, 6) is 0. The number of aromatic nitrogens is 1. The number of hydrogen-bond acceptors (Lipinski definition) is 3. The molecule has 2 heterocycles. The third-order valence-electron chi connectivity index (χ3n) is 9.17. The number of fused-ring (bicyclic) bond motifs is 7. The minimum Gasteiger partial charge on any atom is -0.455 e. The van der Waals surface area contributed by atoms with E-state index >= 15 is 0 Å². The molecule has 0 saturated carbocycles. The highest BCUT2D eigenvalue weighted by Crippen LogP contribution is 2.39. The second kappa shape index (κ2) is 11.7. The Kier molecular flexibility index (Phi) is 6.80. The van der Waals surface area contributed by atoms with Crippen LogP contribution in [0.4, 0.5) is 17.1 Å². The van der Waals surface area contributed by atoms with Gasteiger partial charge in [0, 0.05) is 33.9 Å². The van der Waals surface area contributed by atoms with Crippen molar-refractivity contribution in [2.75, 3.05) is 4.90 Å². The van der Waals surface area contributed by atoms with Crippen LogP contribution in [-0.2, 0) is 0 Å². The van der Waals surface area contributed by atoms with Gasteiger partial charge in [-0.3, -0.25) is 4.98 Å². The summed E-state index contributed by atoms with van der Waals surface area (Å²) < 4.78 is 6.34. The zero-order valence-corrected chi connectivity index (χ0v) is 26.1. The van der Waals surface area contributed by atoms with Gasteiger partial charge in [0.2, 0.25) is 0 Å². The van der Waals surface area contributed by atoms with Gasteiger partial charge < -0.3 is 9.32 Å². The van der Waals surface area contributed by atoms with Crippen molar-refractivity contribution in [2.45, 2.75) is 0 Å². The van der Waals surface area contributed by atoms with Crippen LogP contribution in [0, 0.1) is 0 Å². The van der Waals surface area contributed by atoms with Gasteiger partial charge in [-0.05, 0) is 87.5 Å². The largest absolute Gasteiger partial charge is 0.455 e. The van der Waals surface area contributed by atoms with E-state index < -0.39 is 0 Å². The fraction of sp³-hybridized carbons (Fsp3) is 0. The van der Waals surface area contributed by atoms with Crippen LogP contribution in [0.2, 0.25) is 0 Å². The molecule has 1 aliphatic carbocycles. The fourth-order valence-corrected chi connectivity index (χ4v) is 6.85. The van der Waals surface area contributed by atoms with Gasteiger partial charge in [-0.15, -0.1) is 0 Å². The Morgan fingerprint density at radius 2 is 1.21 bits per heavy atom. The topological polar surface area (TPSA) is 29.3 Å². The highest BCUT2D eigenvalue weighted by Gasteiger charge is 2.16. The van der Waals surface area contributed by atoms with Crippen molar-refractivity contribution in [1.29, 1.82) is 0 Å². The van der Waals surface area contributed by atoms with Crippen LogP contribution in [0.15, 0.2) is 181 Å². The van der Waals surface area contributed by atoms with Gasteiger partial charge in [0.25, 0.3) is 0 Å². The Morgan fingerprint density at radius 3 is 2.04 bits per heavy atom. The van der Waals surface area contributed by atoms with E-state index in [1.165, 1.54) is 27.8 Å². The molecule has 0 amide bonds. The second-order valence-corrected chi connectivity index (χ2v) is 12.0. The molecule has 3 heteroatoms. The van der Waals surface area contributed by atoms with E-state index in [0.29, 0.717) is 0 Å². The summed E-state index contributed by atoms with van der Waals surface area (Å²) in [6, 6.07) is 53.6. The monoisotopic (exact) mass is 614 g/mol. The van der Waals surface area contributed by atoms with Crippen LogP contribution in [-0.4, -0.2) is 4.98 Å². The molecular formula is C45H30N2O. The molecule has 9 rings (SSSR count). The van der Waals surface area contributed by atoms with Gasteiger partial charge in [-0.25, -0.2) is 0 Å². The number of para-hydroxylation sites is 2. The Hall–Kier alpha value is -6.45. The van der Waals surface area contributed by atoms with E-state index in [-0.39, 0.29) is 0 Å². The first-order chi connectivity index (χ1) is 23.8. The molecule has 226 valence electrons. The molecule has 3 nitrogen and oxygen atoms in total. The quantitative estimate of drug-likeness (QED) is 0.193. The maximum atomic E-state index is 6.34. The molecule has 2 aromatic heterocycles. The molecular weight excluding hydrogens is 585 g/mol. The van der Waals surface area contributed by atoms with Crippen LogP contribution >= 0.6 is 0 Å². The molecule has 6 aromatic carbocycles. The molecule has 0 N–H and O–H groups in total. The SMILES string of the molecule is C1=C(/c2ccc(N(c3ccc(-c4cccc5c4oc4ccccc45)cc3)c3cccnc3)cc2)c2cccc(c2)-c2ccccc2/C=C/1. The van der Waals surface area contributed by atoms with Gasteiger partial charge in [0.1, 0.15) is 11.2 Å². The third kappa shape index (κ3) is 4.90. The van der Waals surface area contributed by atoms with E-state index in [2.05, 4.69) is 162 Å². The Morgan fingerprint density at radius 1 is 0.500 bits per heavy atom. The lowest BCUT2D eigenvalue weighted by molar-refractivity contribution is 0.670. The standard InChI is InChI=1S/C45H30N2O/c1-2-14-39-31(9-1)10-6-16-40(35-12-5-11-34(39)29-35)32-20-24-36(25-21-32)47(38-13-8-28-46-30-38)37-26-22-33(23-27-37)41-17-7-18-43-42-15-3-4-19-44(42)48-45(41)43/h1-30H/b10-6+,40-16-. The summed E-state index contributed by atoms with van der Waals surface area (Å²) in [6.07, 6.45) is 10.3. The number of hydrogen-bond donors (Lipinski definition) is 0. The molecule has 0 radical (unpaired) electrons. The number of anilines is 3. The maximum absolute atomic E-state index is 6.34. The van der Waals surface area contributed by atoms with E-state index in [4.69, 9.17) is 4.42 Å². The first-order valence-corrected chi connectivity index (χ1v) is 16.2. The van der Waals surface area contributed by atoms with E-state index in [1.54, 1.807) is 0 Å². The number of rotatable bonds is 5. The van der Waals surface area contributed by atoms with Crippen molar-refractivity contribution in [1.82, 2.24) is 4.98 Å². The van der Waals surface area contributed by atoms with E-state index in [0.717, 1.165) is 55.7 Å². The number of nitrogens with zero attached hydrogens (tertiary/aromatic N) is 2. The van der Waals surface area contributed by atoms with Crippen molar-refractivity contribution in [2.24, 2.45) is 0 Å². The van der Waals surface area contributed by atoms with Crippen LogP contribution in [0.1, 0.15) is 16.7 Å². The van der Waals surface area contributed by atoms with Crippen molar-refractivity contribution in [3.05, 3.63) is 193 Å². The van der Waals surface area contributed by atoms with Crippen LogP contribution < -0.4 is 4.90 Å². The van der Waals surface area contributed by atoms with E-state index in [9.17, 15) is 0 Å². The molecule has 1 aliphatic rings. The van der Waals surface area contributed by atoms with Crippen molar-refractivity contribution >= 4 is 50.6 Å². The van der Waals surface area contributed by atoms with Gasteiger partial charge in [0.15, 0.2) is 0 Å². The lowest BCUT2D eigenvalue weighted by atomic mass is 9.94. The molecule has 0 atom stereocenters. The highest BCUT2D eigenvalue weighted by molar-refractivity contribution is 6.09. The lowest BCUT2D eigenvalue weighted by Crippen LogP contribution is -2.10. The number of allylic oxidation sites excluding steroid dienone is 2. The minimum atomic E-state index is 0.905. The zero-order valence-electron chi connectivity index (χ0n) is 26.1. The first-order valence-electron chi connectivity index (χ1n) is 16.2. The molecule has 48 heavy (non-hydrogen) atoms. The van der Waals surface area contributed by atoms with Crippen LogP contribution in [0.25, 0.3) is 55.8 Å². The maximum Gasteiger partial charge on any atom is 0.143 e. The summed E-state index contributed by atoms with van der Waals surface area (Å²) in [5, 5.41) is 2.27. The van der Waals surface area contributed by atoms with Crippen molar-refractivity contribution in [3.8, 4) is 22.3 Å². The van der Waals surface area contributed by atoms with Gasteiger partial charge in [-0.2, -0.15) is 0 Å². The predicted molar refractivity (Wildman–Crippen MR) is 200 cm³/mol. The summed E-state index contributed by atoms with van der Waals surface area (Å²) in [4.78, 5) is 6.70. The van der Waals surface area contributed by atoms with Crippen LogP contribution in [0.3, 0.4) is 0 Å². The summed E-state index contributed by atoms with van der Waals surface area (Å²) in [6.45, 7) is 0. The molecule has 0 spiro atoms. The van der Waals surface area contributed by atoms with Crippen molar-refractivity contribution in [3.63, 3.8) is 0 Å². The molecule has 0 saturated heterocycles. The lowest BCUT2D eigenvalue weighted by Gasteiger charge is -2.25. The van der Waals surface area contributed by atoms with Gasteiger partial charge in [-0.1, -0.05) is 121 Å². The number of benzene rings is 6. The highest BCUT2D eigenvalue weighted by atomic mass is 16.3. The minimum absolute atomic E-state index is 0.905. The van der Waals surface area contributed by atoms with Gasteiger partial charge in [0.05, 0.1) is 11.9 Å². The molecule has 0 fully saturated rings. The smallest absolute Gasteiger partial charge is 0.143 e. The predicted octanol–water partition coefficient (Wildman–Crippen LogP) is 12.2. The first kappa shape index (κ1) is 27.8. The average molecular weight is 615 g/mol. The average Bonchev–Trinajstić information content (AvgIpc) is 3.55. The second-order valence-electron chi connectivity index (χ2n) is 12.0. The normalized spacial score (nSPS) is 14.0. The molecule has 0 aliphatic heterocycles. The Balaban J connectivity index is 1.08. The summed E-state index contributed by atoms with van der Waals surface area (Å²) in [5.41, 5.74) is 14.3. The third-order valence-corrected chi connectivity index (χ3v) is 9.17. The number of pyridine rings is 1.